The van der Waals surface area contributed by atoms with Gasteiger partial charge in [-0.15, -0.1) is 0 Å². The summed E-state index contributed by atoms with van der Waals surface area (Å²) in [6.07, 6.45) is 0.879. The Hall–Kier alpha value is -2.21. The maximum absolute atomic E-state index is 12.5. The van der Waals surface area contributed by atoms with Crippen LogP contribution in [-0.4, -0.2) is 27.2 Å². The Kier molecular flexibility index (Phi) is 5.71. The molecule has 0 bridgehead atoms. The van der Waals surface area contributed by atoms with Crippen molar-refractivity contribution in [1.29, 1.82) is 0 Å². The molecule has 1 N–H and O–H groups in total. The number of carbonyl (C=O) groups excluding carboxylic acids is 1. The summed E-state index contributed by atoms with van der Waals surface area (Å²) in [4.78, 5) is 12.5. The SMILES string of the molecule is COc1cc(OC)c(CNC(=O)C2CC2c2ccc(Br)cc2)c(OC)c1. The van der Waals surface area contributed by atoms with Crippen molar-refractivity contribution in [3.05, 3.63) is 52.0 Å². The number of carbonyl (C=O) groups is 1. The molecule has 1 amide bonds. The van der Waals surface area contributed by atoms with Crippen LogP contribution in [-0.2, 0) is 11.3 Å². The van der Waals surface area contributed by atoms with E-state index in [4.69, 9.17) is 14.2 Å². The van der Waals surface area contributed by atoms with Crippen LogP contribution in [0.3, 0.4) is 0 Å². The van der Waals surface area contributed by atoms with E-state index in [1.165, 1.54) is 5.56 Å². The summed E-state index contributed by atoms with van der Waals surface area (Å²) in [5.41, 5.74) is 2.00. The molecule has 138 valence electrons. The molecule has 0 heterocycles. The molecule has 2 aromatic rings. The predicted octanol–water partition coefficient (Wildman–Crippen LogP) is 3.89. The normalized spacial score (nSPS) is 18.2. The molecule has 0 saturated heterocycles. The molecule has 2 aromatic carbocycles. The Balaban J connectivity index is 1.66. The van der Waals surface area contributed by atoms with Gasteiger partial charge in [0.25, 0.3) is 0 Å². The fourth-order valence-corrected chi connectivity index (χ4v) is 3.39. The second-order valence-electron chi connectivity index (χ2n) is 6.23. The molecule has 2 unspecified atom stereocenters. The van der Waals surface area contributed by atoms with Gasteiger partial charge in [-0.3, -0.25) is 4.79 Å². The van der Waals surface area contributed by atoms with Gasteiger partial charge in [0.2, 0.25) is 5.91 Å². The average molecular weight is 420 g/mol. The number of benzene rings is 2. The maximum Gasteiger partial charge on any atom is 0.224 e. The van der Waals surface area contributed by atoms with E-state index in [1.807, 2.05) is 12.1 Å². The largest absolute Gasteiger partial charge is 0.496 e. The molecule has 2 atom stereocenters. The van der Waals surface area contributed by atoms with Gasteiger partial charge in [-0.05, 0) is 30.0 Å². The highest BCUT2D eigenvalue weighted by molar-refractivity contribution is 9.10. The van der Waals surface area contributed by atoms with E-state index in [1.54, 1.807) is 33.5 Å². The second-order valence-corrected chi connectivity index (χ2v) is 7.14. The maximum atomic E-state index is 12.5. The second kappa shape index (κ2) is 7.99. The van der Waals surface area contributed by atoms with Crippen molar-refractivity contribution in [2.24, 2.45) is 5.92 Å². The third-order valence-corrected chi connectivity index (χ3v) is 5.21. The minimum Gasteiger partial charge on any atom is -0.496 e. The standard InChI is InChI=1S/C20H22BrNO4/c1-24-14-8-18(25-2)17(19(9-14)26-3)11-22-20(23)16-10-15(16)12-4-6-13(21)7-5-12/h4-9,15-16H,10-11H2,1-3H3,(H,22,23). The lowest BCUT2D eigenvalue weighted by atomic mass is 10.1. The van der Waals surface area contributed by atoms with Gasteiger partial charge in [-0.2, -0.15) is 0 Å². The molecular weight excluding hydrogens is 398 g/mol. The first-order valence-electron chi connectivity index (χ1n) is 8.39. The highest BCUT2D eigenvalue weighted by Crippen LogP contribution is 2.47. The van der Waals surface area contributed by atoms with Crippen LogP contribution >= 0.6 is 15.9 Å². The third-order valence-electron chi connectivity index (χ3n) is 4.68. The number of hydrogen-bond donors (Lipinski definition) is 1. The molecule has 0 aromatic heterocycles. The van der Waals surface area contributed by atoms with Crippen molar-refractivity contribution in [2.75, 3.05) is 21.3 Å². The Morgan fingerprint density at radius 1 is 1.08 bits per heavy atom. The van der Waals surface area contributed by atoms with Gasteiger partial charge in [0, 0.05) is 22.5 Å². The number of nitrogens with one attached hydrogen (secondary N) is 1. The van der Waals surface area contributed by atoms with Crippen molar-refractivity contribution in [3.8, 4) is 17.2 Å². The van der Waals surface area contributed by atoms with Gasteiger partial charge in [-0.1, -0.05) is 28.1 Å². The fourth-order valence-electron chi connectivity index (χ4n) is 3.12. The predicted molar refractivity (Wildman–Crippen MR) is 103 cm³/mol. The summed E-state index contributed by atoms with van der Waals surface area (Å²) in [6.45, 7) is 0.346. The van der Waals surface area contributed by atoms with Crippen LogP contribution in [0.15, 0.2) is 40.9 Å². The molecule has 1 saturated carbocycles. The molecule has 0 aliphatic heterocycles. The summed E-state index contributed by atoms with van der Waals surface area (Å²) in [5.74, 6) is 2.27. The van der Waals surface area contributed by atoms with E-state index in [0.717, 1.165) is 16.5 Å². The van der Waals surface area contributed by atoms with Gasteiger partial charge in [0.1, 0.15) is 17.2 Å². The van der Waals surface area contributed by atoms with Gasteiger partial charge in [0.15, 0.2) is 0 Å². The molecular formula is C20H22BrNO4. The molecule has 1 aliphatic carbocycles. The molecule has 1 aliphatic rings. The molecule has 5 nitrogen and oxygen atoms in total. The first-order valence-corrected chi connectivity index (χ1v) is 9.18. The third kappa shape index (κ3) is 3.96. The van der Waals surface area contributed by atoms with E-state index < -0.39 is 0 Å². The van der Waals surface area contributed by atoms with Crippen LogP contribution < -0.4 is 19.5 Å². The summed E-state index contributed by atoms with van der Waals surface area (Å²) in [5, 5.41) is 3.01. The number of rotatable bonds is 7. The van der Waals surface area contributed by atoms with Crippen LogP contribution in [0.4, 0.5) is 0 Å². The lowest BCUT2D eigenvalue weighted by Crippen LogP contribution is -2.25. The summed E-state index contributed by atoms with van der Waals surface area (Å²) in [7, 11) is 4.76. The summed E-state index contributed by atoms with van der Waals surface area (Å²) >= 11 is 3.44. The van der Waals surface area contributed by atoms with Crippen LogP contribution in [0.2, 0.25) is 0 Å². The summed E-state index contributed by atoms with van der Waals surface area (Å²) in [6, 6.07) is 11.7. The highest BCUT2D eigenvalue weighted by atomic mass is 79.9. The molecule has 0 spiro atoms. The Bertz CT molecular complexity index is 766. The molecule has 26 heavy (non-hydrogen) atoms. The summed E-state index contributed by atoms with van der Waals surface area (Å²) < 4.78 is 17.1. The van der Waals surface area contributed by atoms with Crippen LogP contribution in [0, 0.1) is 5.92 Å². The Morgan fingerprint density at radius 3 is 2.23 bits per heavy atom. The minimum atomic E-state index is 0.0198. The van der Waals surface area contributed by atoms with Crippen LogP contribution in [0.5, 0.6) is 17.2 Å². The number of hydrogen-bond acceptors (Lipinski definition) is 4. The number of methoxy groups -OCH3 is 3. The van der Waals surface area contributed by atoms with Crippen molar-refractivity contribution >= 4 is 21.8 Å². The molecule has 0 radical (unpaired) electrons. The molecule has 6 heteroatoms. The zero-order valence-electron chi connectivity index (χ0n) is 15.0. The van der Waals surface area contributed by atoms with Crippen LogP contribution in [0.1, 0.15) is 23.5 Å². The molecule has 3 rings (SSSR count). The topological polar surface area (TPSA) is 56.8 Å². The number of ether oxygens (including phenoxy) is 3. The fraction of sp³-hybridized carbons (Fsp3) is 0.350. The Labute approximate surface area is 161 Å². The first kappa shape index (κ1) is 18.6. The first-order chi connectivity index (χ1) is 12.6. The monoisotopic (exact) mass is 419 g/mol. The Morgan fingerprint density at radius 2 is 1.69 bits per heavy atom. The van der Waals surface area contributed by atoms with Crippen molar-refractivity contribution in [2.45, 2.75) is 18.9 Å². The van der Waals surface area contributed by atoms with Gasteiger partial charge < -0.3 is 19.5 Å². The van der Waals surface area contributed by atoms with E-state index in [9.17, 15) is 4.79 Å². The van der Waals surface area contributed by atoms with Gasteiger partial charge >= 0.3 is 0 Å². The zero-order chi connectivity index (χ0) is 18.7. The van der Waals surface area contributed by atoms with Crippen LogP contribution in [0.25, 0.3) is 0 Å². The van der Waals surface area contributed by atoms with E-state index in [-0.39, 0.29) is 11.8 Å². The molecule has 1 fully saturated rings. The van der Waals surface area contributed by atoms with Crippen molar-refractivity contribution < 1.29 is 19.0 Å². The quantitative estimate of drug-likeness (QED) is 0.739. The number of halogens is 1. The van der Waals surface area contributed by atoms with Crippen molar-refractivity contribution in [3.63, 3.8) is 0 Å². The number of amides is 1. The highest BCUT2D eigenvalue weighted by Gasteiger charge is 2.43. The lowest BCUT2D eigenvalue weighted by molar-refractivity contribution is -0.122. The van der Waals surface area contributed by atoms with Gasteiger partial charge in [0.05, 0.1) is 33.4 Å². The van der Waals surface area contributed by atoms with E-state index in [0.29, 0.717) is 29.7 Å². The minimum absolute atomic E-state index is 0.0198. The lowest BCUT2D eigenvalue weighted by Gasteiger charge is -2.15. The van der Waals surface area contributed by atoms with E-state index in [2.05, 4.69) is 33.4 Å². The van der Waals surface area contributed by atoms with Crippen molar-refractivity contribution in [1.82, 2.24) is 5.32 Å². The zero-order valence-corrected chi connectivity index (χ0v) is 16.6. The van der Waals surface area contributed by atoms with E-state index >= 15 is 0 Å². The van der Waals surface area contributed by atoms with Gasteiger partial charge in [-0.25, -0.2) is 0 Å². The smallest absolute Gasteiger partial charge is 0.224 e. The average Bonchev–Trinajstić information content (AvgIpc) is 3.46.